The third-order valence-electron chi connectivity index (χ3n) is 6.29. The van der Waals surface area contributed by atoms with E-state index in [1.807, 2.05) is 79.5 Å². The summed E-state index contributed by atoms with van der Waals surface area (Å²) < 4.78 is 19.6. The number of hydrogen-bond acceptors (Lipinski definition) is 5. The zero-order valence-corrected chi connectivity index (χ0v) is 22.2. The smallest absolute Gasteiger partial charge is 0.246 e. The number of benzene rings is 3. The predicted molar refractivity (Wildman–Crippen MR) is 145 cm³/mol. The highest BCUT2D eigenvalue weighted by Crippen LogP contribution is 2.48. The van der Waals surface area contributed by atoms with Crippen molar-refractivity contribution in [3.05, 3.63) is 105 Å². The molecule has 0 spiro atoms. The summed E-state index contributed by atoms with van der Waals surface area (Å²) in [4.78, 5) is 0. The minimum Gasteiger partial charge on any atom is -0.491 e. The van der Waals surface area contributed by atoms with Crippen LogP contribution in [0.4, 0.5) is 0 Å². The monoisotopic (exact) mass is 562 g/mol. The third kappa shape index (κ3) is 4.40. The highest BCUT2D eigenvalue weighted by atomic mass is 79.9. The highest BCUT2D eigenvalue weighted by molar-refractivity contribution is 9.10. The van der Waals surface area contributed by atoms with Gasteiger partial charge in [-0.05, 0) is 86.1 Å². The maximum Gasteiger partial charge on any atom is 0.246 e. The van der Waals surface area contributed by atoms with Gasteiger partial charge in [-0.25, -0.2) is 5.01 Å². The number of rotatable bonds is 5. The van der Waals surface area contributed by atoms with E-state index in [2.05, 4.69) is 34.1 Å². The molecule has 0 amide bonds. The Morgan fingerprint density at radius 1 is 1.00 bits per heavy atom. The molecule has 36 heavy (non-hydrogen) atoms. The Labute approximate surface area is 223 Å². The number of hydrazone groups is 1. The van der Waals surface area contributed by atoms with Crippen molar-refractivity contribution in [3.8, 4) is 22.8 Å². The Morgan fingerprint density at radius 2 is 1.83 bits per heavy atom. The topological polar surface area (TPSA) is 47.2 Å². The standard InChI is InChI=1S/C29H24BrClN2O3/c1-17(2)34-22-9-6-18(7-10-22)24-16-25-23-15-20(30)8-11-27(23)36-29(33(25)32-24)28-13-12-26(35-28)19-4-3-5-21(31)14-19/h3-15,17,25,29H,16H2,1-2H3. The fourth-order valence-electron chi connectivity index (χ4n) is 4.70. The van der Waals surface area contributed by atoms with Gasteiger partial charge in [-0.15, -0.1) is 0 Å². The number of nitrogens with zero attached hydrogens (tertiary/aromatic N) is 2. The van der Waals surface area contributed by atoms with Crippen LogP contribution in [-0.4, -0.2) is 16.8 Å². The maximum atomic E-state index is 6.47. The summed E-state index contributed by atoms with van der Waals surface area (Å²) in [6.45, 7) is 4.05. The fourth-order valence-corrected chi connectivity index (χ4v) is 5.27. The van der Waals surface area contributed by atoms with Crippen molar-refractivity contribution in [1.29, 1.82) is 0 Å². The number of hydrogen-bond donors (Lipinski definition) is 0. The van der Waals surface area contributed by atoms with Crippen LogP contribution in [0.3, 0.4) is 0 Å². The van der Waals surface area contributed by atoms with E-state index in [1.54, 1.807) is 0 Å². The number of ether oxygens (including phenoxy) is 2. The van der Waals surface area contributed by atoms with E-state index in [9.17, 15) is 0 Å². The molecule has 0 radical (unpaired) electrons. The molecule has 2 atom stereocenters. The average Bonchev–Trinajstić information content (AvgIpc) is 3.52. The lowest BCUT2D eigenvalue weighted by atomic mass is 9.96. The van der Waals surface area contributed by atoms with Crippen LogP contribution in [0.1, 0.15) is 49.4 Å². The minimum atomic E-state index is -0.488. The van der Waals surface area contributed by atoms with Crippen LogP contribution in [0.2, 0.25) is 5.02 Å². The second kappa shape index (κ2) is 9.34. The Morgan fingerprint density at radius 3 is 2.61 bits per heavy atom. The SMILES string of the molecule is CC(C)Oc1ccc(C2=NN3C(C2)c2cc(Br)ccc2OC3c2ccc(-c3cccc(Cl)c3)o2)cc1. The van der Waals surface area contributed by atoms with Gasteiger partial charge in [-0.2, -0.15) is 5.10 Å². The van der Waals surface area contributed by atoms with E-state index in [4.69, 9.17) is 30.6 Å². The molecule has 0 saturated carbocycles. The largest absolute Gasteiger partial charge is 0.491 e. The van der Waals surface area contributed by atoms with Crippen molar-refractivity contribution in [2.75, 3.05) is 0 Å². The van der Waals surface area contributed by atoms with Crippen molar-refractivity contribution < 1.29 is 13.9 Å². The van der Waals surface area contributed by atoms with Crippen LogP contribution in [-0.2, 0) is 0 Å². The molecule has 0 fully saturated rings. The van der Waals surface area contributed by atoms with Crippen molar-refractivity contribution in [2.45, 2.75) is 38.6 Å². The molecule has 7 heteroatoms. The van der Waals surface area contributed by atoms with Gasteiger partial charge in [0.15, 0.2) is 5.76 Å². The lowest BCUT2D eigenvalue weighted by molar-refractivity contribution is -0.0322. The molecule has 6 rings (SSSR count). The second-order valence-corrected chi connectivity index (χ2v) is 10.6. The lowest BCUT2D eigenvalue weighted by Gasteiger charge is -2.37. The number of fused-ring (bicyclic) bond motifs is 3. The molecule has 0 N–H and O–H groups in total. The van der Waals surface area contributed by atoms with E-state index < -0.39 is 6.23 Å². The molecule has 2 unspecified atom stereocenters. The first-order valence-corrected chi connectivity index (χ1v) is 13.1. The molecule has 1 aromatic heterocycles. The summed E-state index contributed by atoms with van der Waals surface area (Å²) in [5.74, 6) is 3.11. The Bertz CT molecular complexity index is 1450. The number of furan rings is 1. The van der Waals surface area contributed by atoms with E-state index in [0.717, 1.165) is 50.6 Å². The number of halogens is 2. The van der Waals surface area contributed by atoms with Gasteiger partial charge in [-0.1, -0.05) is 39.7 Å². The molecular weight excluding hydrogens is 540 g/mol. The second-order valence-electron chi connectivity index (χ2n) is 9.20. The average molecular weight is 564 g/mol. The molecule has 5 nitrogen and oxygen atoms in total. The molecule has 3 aromatic carbocycles. The molecular formula is C29H24BrClN2O3. The molecule has 2 aliphatic heterocycles. The molecule has 2 aliphatic rings. The van der Waals surface area contributed by atoms with Gasteiger partial charge in [0.05, 0.1) is 17.9 Å². The summed E-state index contributed by atoms with van der Waals surface area (Å²) in [6.07, 6.45) is 0.402. The third-order valence-corrected chi connectivity index (χ3v) is 7.02. The van der Waals surface area contributed by atoms with Crippen LogP contribution in [0.15, 0.2) is 92.9 Å². The molecule has 0 bridgehead atoms. The summed E-state index contributed by atoms with van der Waals surface area (Å²) in [7, 11) is 0. The predicted octanol–water partition coefficient (Wildman–Crippen LogP) is 8.39. The highest BCUT2D eigenvalue weighted by Gasteiger charge is 2.42. The van der Waals surface area contributed by atoms with Crippen LogP contribution < -0.4 is 9.47 Å². The molecule has 3 heterocycles. The van der Waals surface area contributed by atoms with Gasteiger partial charge in [0, 0.05) is 27.0 Å². The van der Waals surface area contributed by atoms with Crippen LogP contribution in [0, 0.1) is 0 Å². The first-order chi connectivity index (χ1) is 17.4. The zero-order valence-electron chi connectivity index (χ0n) is 19.8. The van der Waals surface area contributed by atoms with Gasteiger partial charge in [-0.3, -0.25) is 0 Å². The van der Waals surface area contributed by atoms with Gasteiger partial charge in [0.25, 0.3) is 0 Å². The van der Waals surface area contributed by atoms with E-state index in [-0.39, 0.29) is 12.1 Å². The van der Waals surface area contributed by atoms with Gasteiger partial charge in [0.2, 0.25) is 6.23 Å². The quantitative estimate of drug-likeness (QED) is 0.245. The van der Waals surface area contributed by atoms with Crippen LogP contribution >= 0.6 is 27.5 Å². The summed E-state index contributed by atoms with van der Waals surface area (Å²) in [6, 6.07) is 25.8. The van der Waals surface area contributed by atoms with Crippen molar-refractivity contribution >= 4 is 33.2 Å². The first-order valence-electron chi connectivity index (χ1n) is 11.9. The lowest BCUT2D eigenvalue weighted by Crippen LogP contribution is -2.33. The Balaban J connectivity index is 1.36. The van der Waals surface area contributed by atoms with Crippen molar-refractivity contribution in [2.24, 2.45) is 5.10 Å². The maximum absolute atomic E-state index is 6.47. The molecule has 0 aliphatic carbocycles. The first kappa shape index (κ1) is 23.2. The molecule has 182 valence electrons. The minimum absolute atomic E-state index is 0.0255. The summed E-state index contributed by atoms with van der Waals surface area (Å²) in [5.41, 5.74) is 4.08. The van der Waals surface area contributed by atoms with Crippen LogP contribution in [0.25, 0.3) is 11.3 Å². The van der Waals surface area contributed by atoms with Crippen LogP contribution in [0.5, 0.6) is 11.5 Å². The summed E-state index contributed by atoms with van der Waals surface area (Å²) in [5, 5.41) is 7.72. The van der Waals surface area contributed by atoms with Gasteiger partial charge in [0.1, 0.15) is 17.3 Å². The van der Waals surface area contributed by atoms with Gasteiger partial charge < -0.3 is 13.9 Å². The Kier molecular flexibility index (Phi) is 6.02. The van der Waals surface area contributed by atoms with Gasteiger partial charge >= 0.3 is 0 Å². The normalized spacial score (nSPS) is 18.5. The zero-order chi connectivity index (χ0) is 24.8. The summed E-state index contributed by atoms with van der Waals surface area (Å²) >= 11 is 9.81. The molecule has 0 saturated heterocycles. The molecule has 4 aromatic rings. The van der Waals surface area contributed by atoms with Crippen molar-refractivity contribution in [1.82, 2.24) is 5.01 Å². The fraction of sp³-hybridized carbons (Fsp3) is 0.207. The van der Waals surface area contributed by atoms with E-state index >= 15 is 0 Å². The van der Waals surface area contributed by atoms with E-state index in [0.29, 0.717) is 10.8 Å². The Hall–Kier alpha value is -3.22. The van der Waals surface area contributed by atoms with Crippen molar-refractivity contribution in [3.63, 3.8) is 0 Å². The van der Waals surface area contributed by atoms with E-state index in [1.165, 1.54) is 0 Å².